The van der Waals surface area contributed by atoms with Gasteiger partial charge in [-0.3, -0.25) is 0 Å². The Kier molecular flexibility index (Phi) is 6.51. The van der Waals surface area contributed by atoms with Gasteiger partial charge in [-0.15, -0.1) is 0 Å². The lowest BCUT2D eigenvalue weighted by Gasteiger charge is -2.30. The highest BCUT2D eigenvalue weighted by Crippen LogP contribution is 2.18. The first-order chi connectivity index (χ1) is 9.79. The zero-order valence-electron chi connectivity index (χ0n) is 12.8. The van der Waals surface area contributed by atoms with Crippen LogP contribution >= 0.6 is 0 Å². The second kappa shape index (κ2) is 8.40. The van der Waals surface area contributed by atoms with E-state index in [1.54, 1.807) is 0 Å². The van der Waals surface area contributed by atoms with Crippen LogP contribution in [0, 0.1) is 5.92 Å². The molecule has 1 unspecified atom stereocenters. The molecule has 1 aliphatic heterocycles. The Hall–Kier alpha value is -0.900. The van der Waals surface area contributed by atoms with E-state index in [4.69, 9.17) is 4.74 Å². The van der Waals surface area contributed by atoms with Gasteiger partial charge < -0.3 is 15.0 Å². The van der Waals surface area contributed by atoms with E-state index >= 15 is 0 Å². The van der Waals surface area contributed by atoms with Crippen LogP contribution in [0.15, 0.2) is 30.3 Å². The standard InChI is InChI=1S/C17H28N2O/c1-3-18-17(16-7-5-4-6-8-16)14-19(2)13-15-9-11-20-12-10-15/h4-8,15,17-18H,3,9-14H2,1-2H3. The summed E-state index contributed by atoms with van der Waals surface area (Å²) in [5.74, 6) is 0.798. The Bertz CT molecular complexity index is 363. The van der Waals surface area contributed by atoms with E-state index in [2.05, 4.69) is 54.5 Å². The summed E-state index contributed by atoms with van der Waals surface area (Å²) in [6, 6.07) is 11.2. The Morgan fingerprint density at radius 1 is 1.25 bits per heavy atom. The average molecular weight is 276 g/mol. The van der Waals surface area contributed by atoms with Crippen molar-refractivity contribution in [3.63, 3.8) is 0 Å². The van der Waals surface area contributed by atoms with Crippen LogP contribution in [0.4, 0.5) is 0 Å². The predicted molar refractivity (Wildman–Crippen MR) is 83.9 cm³/mol. The summed E-state index contributed by atoms with van der Waals surface area (Å²) in [4.78, 5) is 2.47. The molecule has 3 heteroatoms. The minimum absolute atomic E-state index is 0.422. The lowest BCUT2D eigenvalue weighted by molar-refractivity contribution is 0.0547. The van der Waals surface area contributed by atoms with Crippen molar-refractivity contribution in [2.45, 2.75) is 25.8 Å². The maximum Gasteiger partial charge on any atom is 0.0469 e. The maximum absolute atomic E-state index is 5.44. The van der Waals surface area contributed by atoms with Crippen molar-refractivity contribution in [2.24, 2.45) is 5.92 Å². The molecule has 112 valence electrons. The average Bonchev–Trinajstić information content (AvgIpc) is 2.49. The quantitative estimate of drug-likeness (QED) is 0.828. The molecule has 0 bridgehead atoms. The highest BCUT2D eigenvalue weighted by Gasteiger charge is 2.18. The van der Waals surface area contributed by atoms with Crippen molar-refractivity contribution in [2.75, 3.05) is 39.9 Å². The van der Waals surface area contributed by atoms with E-state index in [1.807, 2.05) is 0 Å². The van der Waals surface area contributed by atoms with Crippen LogP contribution in [0.2, 0.25) is 0 Å². The van der Waals surface area contributed by atoms with Crippen LogP contribution in [0.3, 0.4) is 0 Å². The van der Waals surface area contributed by atoms with Crippen LogP contribution in [-0.2, 0) is 4.74 Å². The second-order valence-electron chi connectivity index (χ2n) is 5.80. The highest BCUT2D eigenvalue weighted by atomic mass is 16.5. The number of likely N-dealkylation sites (N-methyl/N-ethyl adjacent to an activating group) is 2. The predicted octanol–water partition coefficient (Wildman–Crippen LogP) is 2.70. The normalized spacial score (nSPS) is 18.4. The number of hydrogen-bond acceptors (Lipinski definition) is 3. The van der Waals surface area contributed by atoms with Gasteiger partial charge in [-0.25, -0.2) is 0 Å². The molecule has 1 N–H and O–H groups in total. The minimum Gasteiger partial charge on any atom is -0.381 e. The lowest BCUT2D eigenvalue weighted by Crippen LogP contribution is -2.36. The van der Waals surface area contributed by atoms with Crippen molar-refractivity contribution in [1.29, 1.82) is 0 Å². The fourth-order valence-corrected chi connectivity index (χ4v) is 2.98. The summed E-state index contributed by atoms with van der Waals surface area (Å²) in [6.45, 7) is 7.30. The van der Waals surface area contributed by atoms with Crippen molar-refractivity contribution in [3.05, 3.63) is 35.9 Å². The molecule has 0 radical (unpaired) electrons. The van der Waals surface area contributed by atoms with Crippen molar-refractivity contribution >= 4 is 0 Å². The first kappa shape index (κ1) is 15.5. The highest BCUT2D eigenvalue weighted by molar-refractivity contribution is 5.19. The van der Waals surface area contributed by atoms with E-state index in [9.17, 15) is 0 Å². The van der Waals surface area contributed by atoms with Gasteiger partial charge in [0.25, 0.3) is 0 Å². The summed E-state index contributed by atoms with van der Waals surface area (Å²) in [6.07, 6.45) is 2.42. The molecule has 20 heavy (non-hydrogen) atoms. The van der Waals surface area contributed by atoms with Gasteiger partial charge in [0.1, 0.15) is 0 Å². The molecule has 1 aromatic carbocycles. The fraction of sp³-hybridized carbons (Fsp3) is 0.647. The van der Waals surface area contributed by atoms with Crippen molar-refractivity contribution < 1.29 is 4.74 Å². The smallest absolute Gasteiger partial charge is 0.0469 e. The van der Waals surface area contributed by atoms with Crippen LogP contribution in [0.5, 0.6) is 0 Å². The number of ether oxygens (including phenoxy) is 1. The van der Waals surface area contributed by atoms with Crippen LogP contribution in [-0.4, -0.2) is 44.8 Å². The Morgan fingerprint density at radius 2 is 1.95 bits per heavy atom. The number of benzene rings is 1. The van der Waals surface area contributed by atoms with E-state index < -0.39 is 0 Å². The third-order valence-electron chi connectivity index (χ3n) is 4.06. The van der Waals surface area contributed by atoms with Gasteiger partial charge in [0.2, 0.25) is 0 Å². The number of hydrogen-bond donors (Lipinski definition) is 1. The molecule has 3 nitrogen and oxygen atoms in total. The fourth-order valence-electron chi connectivity index (χ4n) is 2.98. The Labute approximate surface area is 123 Å². The van der Waals surface area contributed by atoms with Crippen LogP contribution < -0.4 is 5.32 Å². The number of nitrogens with one attached hydrogen (secondary N) is 1. The molecule has 0 aliphatic carbocycles. The van der Waals surface area contributed by atoms with Gasteiger partial charge in [0.05, 0.1) is 0 Å². The largest absolute Gasteiger partial charge is 0.381 e. The van der Waals surface area contributed by atoms with Gasteiger partial charge in [-0.2, -0.15) is 0 Å². The summed E-state index contributed by atoms with van der Waals surface area (Å²) in [5.41, 5.74) is 1.38. The molecule has 1 atom stereocenters. The van der Waals surface area contributed by atoms with Crippen molar-refractivity contribution in [3.8, 4) is 0 Å². The van der Waals surface area contributed by atoms with Gasteiger partial charge in [0, 0.05) is 32.3 Å². The molecule has 1 fully saturated rings. The SMILES string of the molecule is CCNC(CN(C)CC1CCOCC1)c1ccccc1. The zero-order chi connectivity index (χ0) is 14.2. The maximum atomic E-state index is 5.44. The molecule has 0 spiro atoms. The van der Waals surface area contributed by atoms with Crippen LogP contribution in [0.25, 0.3) is 0 Å². The number of nitrogens with zero attached hydrogens (tertiary/aromatic N) is 1. The monoisotopic (exact) mass is 276 g/mol. The summed E-state index contributed by atoms with van der Waals surface area (Å²) < 4.78 is 5.44. The third kappa shape index (κ3) is 4.89. The van der Waals surface area contributed by atoms with Crippen LogP contribution in [0.1, 0.15) is 31.4 Å². The number of rotatable bonds is 7. The molecule has 0 amide bonds. The summed E-state index contributed by atoms with van der Waals surface area (Å²) in [7, 11) is 2.24. The first-order valence-corrected chi connectivity index (χ1v) is 7.84. The second-order valence-corrected chi connectivity index (χ2v) is 5.80. The Balaban J connectivity index is 1.87. The molecular formula is C17H28N2O. The molecule has 0 aromatic heterocycles. The Morgan fingerprint density at radius 3 is 2.60 bits per heavy atom. The van der Waals surface area contributed by atoms with Gasteiger partial charge in [-0.1, -0.05) is 37.3 Å². The zero-order valence-corrected chi connectivity index (χ0v) is 12.8. The van der Waals surface area contributed by atoms with E-state index in [0.717, 1.165) is 32.2 Å². The molecule has 1 saturated heterocycles. The summed E-state index contributed by atoms with van der Waals surface area (Å²) >= 11 is 0. The minimum atomic E-state index is 0.422. The van der Waals surface area contributed by atoms with E-state index in [0.29, 0.717) is 6.04 Å². The molecule has 0 saturated carbocycles. The third-order valence-corrected chi connectivity index (χ3v) is 4.06. The van der Waals surface area contributed by atoms with Gasteiger partial charge >= 0.3 is 0 Å². The molecule has 1 heterocycles. The molecule has 1 aliphatic rings. The molecule has 1 aromatic rings. The van der Waals surface area contributed by atoms with E-state index in [-0.39, 0.29) is 0 Å². The van der Waals surface area contributed by atoms with E-state index in [1.165, 1.54) is 24.9 Å². The topological polar surface area (TPSA) is 24.5 Å². The first-order valence-electron chi connectivity index (χ1n) is 7.84. The molecule has 2 rings (SSSR count). The van der Waals surface area contributed by atoms with Gasteiger partial charge in [-0.05, 0) is 37.9 Å². The van der Waals surface area contributed by atoms with Crippen molar-refractivity contribution in [1.82, 2.24) is 10.2 Å². The summed E-state index contributed by atoms with van der Waals surface area (Å²) in [5, 5.41) is 3.60. The van der Waals surface area contributed by atoms with Gasteiger partial charge in [0.15, 0.2) is 0 Å². The molecular weight excluding hydrogens is 248 g/mol. The lowest BCUT2D eigenvalue weighted by atomic mass is 9.99.